The number of hydrogen-bond donors (Lipinski definition) is 0. The molecule has 2 nitrogen and oxygen atoms in total. The molecule has 0 unspecified atom stereocenters. The zero-order valence-electron chi connectivity index (χ0n) is 6.87. The second kappa shape index (κ2) is 2.16. The van der Waals surface area contributed by atoms with E-state index >= 15 is 0 Å². The minimum Gasteiger partial charge on any atom is -0.325 e. The number of hydrogen-bond acceptors (Lipinski definition) is 1. The van der Waals surface area contributed by atoms with Crippen molar-refractivity contribution in [3.8, 4) is 0 Å². The van der Waals surface area contributed by atoms with E-state index in [9.17, 15) is 4.79 Å². The highest BCUT2D eigenvalue weighted by molar-refractivity contribution is 6.62. The van der Waals surface area contributed by atoms with Gasteiger partial charge in [0.1, 0.15) is 0 Å². The Kier molecular flexibility index (Phi) is 1.30. The van der Waals surface area contributed by atoms with Crippen LogP contribution in [-0.2, 0) is 0 Å². The van der Waals surface area contributed by atoms with Gasteiger partial charge in [-0.2, -0.15) is 0 Å². The highest BCUT2D eigenvalue weighted by Gasteiger charge is 2.57. The summed E-state index contributed by atoms with van der Waals surface area (Å²) in [6, 6.07) is 0.536. The summed E-state index contributed by atoms with van der Waals surface area (Å²) in [6.07, 6.45) is 4.08. The van der Waals surface area contributed by atoms with Crippen molar-refractivity contribution in [1.82, 2.24) is 4.90 Å². The van der Waals surface area contributed by atoms with Gasteiger partial charge in [0, 0.05) is 18.5 Å². The van der Waals surface area contributed by atoms with Crippen LogP contribution in [0.2, 0.25) is 0 Å². The molecule has 3 aliphatic rings. The van der Waals surface area contributed by atoms with Crippen molar-refractivity contribution in [2.24, 2.45) is 17.8 Å². The predicted molar refractivity (Wildman–Crippen MR) is 46.1 cm³/mol. The number of carbonyl (C=O) groups excluding carboxylic acids is 1. The second-order valence-electron chi connectivity index (χ2n) is 4.39. The molecule has 2 aliphatic carbocycles. The summed E-state index contributed by atoms with van der Waals surface area (Å²) in [7, 11) is 0. The molecule has 2 bridgehead atoms. The van der Waals surface area contributed by atoms with Crippen LogP contribution in [0.15, 0.2) is 0 Å². The summed E-state index contributed by atoms with van der Waals surface area (Å²) in [5, 5.41) is -0.233. The minimum absolute atomic E-state index is 0.233. The van der Waals surface area contributed by atoms with Crippen LogP contribution in [0.25, 0.3) is 0 Å². The van der Waals surface area contributed by atoms with Gasteiger partial charge in [-0.3, -0.25) is 4.79 Å². The van der Waals surface area contributed by atoms with Crippen LogP contribution in [0.5, 0.6) is 0 Å². The molecule has 3 rings (SSSR count). The van der Waals surface area contributed by atoms with E-state index < -0.39 is 0 Å². The Morgan fingerprint density at radius 1 is 1.33 bits per heavy atom. The van der Waals surface area contributed by atoms with Crippen molar-refractivity contribution in [1.29, 1.82) is 0 Å². The third-order valence-corrected chi connectivity index (χ3v) is 4.25. The molecule has 3 fully saturated rings. The molecular formula is C9H12ClNO. The molecule has 0 aromatic rings. The van der Waals surface area contributed by atoms with Gasteiger partial charge in [-0.05, 0) is 42.7 Å². The van der Waals surface area contributed by atoms with Crippen LogP contribution in [0.4, 0.5) is 4.79 Å². The van der Waals surface area contributed by atoms with Crippen molar-refractivity contribution in [3.05, 3.63) is 0 Å². The third kappa shape index (κ3) is 0.698. The number of nitrogens with zero attached hydrogens (tertiary/aromatic N) is 1. The van der Waals surface area contributed by atoms with Crippen LogP contribution in [-0.4, -0.2) is 22.9 Å². The molecule has 2 saturated carbocycles. The molecule has 4 atom stereocenters. The van der Waals surface area contributed by atoms with Crippen LogP contribution in [0, 0.1) is 17.8 Å². The molecule has 0 aromatic carbocycles. The molecule has 1 saturated heterocycles. The first-order chi connectivity index (χ1) is 5.77. The first-order valence-electron chi connectivity index (χ1n) is 4.73. The normalized spacial score (nSPS) is 48.9. The summed E-state index contributed by atoms with van der Waals surface area (Å²) in [5.74, 6) is 2.52. The number of fused-ring (bicyclic) bond motifs is 5. The monoisotopic (exact) mass is 185 g/mol. The quantitative estimate of drug-likeness (QED) is 0.418. The lowest BCUT2D eigenvalue weighted by Crippen LogP contribution is -2.59. The van der Waals surface area contributed by atoms with Crippen molar-refractivity contribution < 1.29 is 4.79 Å². The fourth-order valence-electron chi connectivity index (χ4n) is 3.52. The molecular weight excluding hydrogens is 174 g/mol. The number of amides is 1. The van der Waals surface area contributed by atoms with Crippen LogP contribution < -0.4 is 0 Å². The van der Waals surface area contributed by atoms with Crippen molar-refractivity contribution in [2.45, 2.75) is 25.3 Å². The summed E-state index contributed by atoms with van der Waals surface area (Å²) in [6.45, 7) is 0.939. The van der Waals surface area contributed by atoms with E-state index in [1.807, 2.05) is 4.90 Å². The van der Waals surface area contributed by atoms with Crippen LogP contribution in [0.3, 0.4) is 0 Å². The second-order valence-corrected chi connectivity index (χ2v) is 4.72. The van der Waals surface area contributed by atoms with E-state index in [1.54, 1.807) is 0 Å². The Morgan fingerprint density at radius 2 is 2.08 bits per heavy atom. The molecule has 0 aromatic heterocycles. The first kappa shape index (κ1) is 7.19. The number of carbonyl (C=O) groups is 1. The average Bonchev–Trinajstić information content (AvgIpc) is 2.40. The molecule has 66 valence electrons. The maximum Gasteiger partial charge on any atom is 0.316 e. The highest BCUT2D eigenvalue weighted by atomic mass is 35.5. The molecule has 0 N–H and O–H groups in total. The van der Waals surface area contributed by atoms with Crippen LogP contribution >= 0.6 is 11.6 Å². The average molecular weight is 186 g/mol. The Balaban J connectivity index is 1.82. The first-order valence-corrected chi connectivity index (χ1v) is 5.11. The summed E-state index contributed by atoms with van der Waals surface area (Å²) >= 11 is 5.47. The number of halogens is 1. The van der Waals surface area contributed by atoms with E-state index in [2.05, 4.69) is 0 Å². The molecule has 12 heavy (non-hydrogen) atoms. The van der Waals surface area contributed by atoms with E-state index in [0.717, 1.165) is 24.3 Å². The Hall–Kier alpha value is -0.240. The minimum atomic E-state index is -0.233. The topological polar surface area (TPSA) is 20.3 Å². The van der Waals surface area contributed by atoms with Gasteiger partial charge in [0.25, 0.3) is 0 Å². The Bertz CT molecular complexity index is 241. The fourth-order valence-corrected chi connectivity index (χ4v) is 3.70. The van der Waals surface area contributed by atoms with Gasteiger partial charge in [-0.1, -0.05) is 0 Å². The lowest BCUT2D eigenvalue weighted by Gasteiger charge is -2.49. The molecule has 1 amide bonds. The van der Waals surface area contributed by atoms with Crippen molar-refractivity contribution in [2.75, 3.05) is 6.54 Å². The Morgan fingerprint density at radius 3 is 2.75 bits per heavy atom. The van der Waals surface area contributed by atoms with Crippen LogP contribution in [0.1, 0.15) is 19.3 Å². The van der Waals surface area contributed by atoms with Gasteiger partial charge < -0.3 is 4.90 Å². The largest absolute Gasteiger partial charge is 0.325 e. The maximum absolute atomic E-state index is 10.9. The molecule has 3 heteroatoms. The smallest absolute Gasteiger partial charge is 0.316 e. The van der Waals surface area contributed by atoms with Crippen molar-refractivity contribution in [3.63, 3.8) is 0 Å². The van der Waals surface area contributed by atoms with E-state index in [4.69, 9.17) is 11.6 Å². The standard InChI is InChI=1S/C9H12ClNO/c10-9(12)11-4-7-5-1-2-6(3-5)8(7)11/h5-8H,1-4H2/t5-,6+,7+,8-/m1/s1. The summed E-state index contributed by atoms with van der Waals surface area (Å²) < 4.78 is 0. The van der Waals surface area contributed by atoms with Gasteiger partial charge in [0.05, 0.1) is 0 Å². The summed E-state index contributed by atoms with van der Waals surface area (Å²) in [4.78, 5) is 12.8. The summed E-state index contributed by atoms with van der Waals surface area (Å²) in [5.41, 5.74) is 0. The lowest BCUT2D eigenvalue weighted by atomic mass is 9.77. The van der Waals surface area contributed by atoms with Gasteiger partial charge in [-0.15, -0.1) is 0 Å². The SMILES string of the molecule is O=C(Cl)N1C[C@H]2[C@@H]3CC[C@@H](C3)[C@H]21. The van der Waals surface area contributed by atoms with Gasteiger partial charge in [-0.25, -0.2) is 0 Å². The van der Waals surface area contributed by atoms with Gasteiger partial charge >= 0.3 is 5.37 Å². The maximum atomic E-state index is 10.9. The fraction of sp³-hybridized carbons (Fsp3) is 0.889. The number of rotatable bonds is 0. The molecule has 0 spiro atoms. The zero-order valence-corrected chi connectivity index (χ0v) is 7.63. The lowest BCUT2D eigenvalue weighted by molar-refractivity contribution is 0.0221. The number of likely N-dealkylation sites (tertiary alicyclic amines) is 1. The van der Waals surface area contributed by atoms with E-state index in [1.165, 1.54) is 19.3 Å². The van der Waals surface area contributed by atoms with Crippen molar-refractivity contribution >= 4 is 17.0 Å². The van der Waals surface area contributed by atoms with Gasteiger partial charge in [0.2, 0.25) is 0 Å². The molecule has 1 heterocycles. The third-order valence-electron chi connectivity index (χ3n) is 4.03. The predicted octanol–water partition coefficient (Wildman–Crippen LogP) is 2.08. The zero-order chi connectivity index (χ0) is 8.29. The Labute approximate surface area is 76.9 Å². The molecule has 1 aliphatic heterocycles. The van der Waals surface area contributed by atoms with E-state index in [0.29, 0.717) is 6.04 Å². The molecule has 0 radical (unpaired) electrons. The van der Waals surface area contributed by atoms with Gasteiger partial charge in [0.15, 0.2) is 0 Å². The highest BCUT2D eigenvalue weighted by Crippen LogP contribution is 2.55. The van der Waals surface area contributed by atoms with E-state index in [-0.39, 0.29) is 5.37 Å².